The third-order valence-corrected chi connectivity index (χ3v) is 3.05. The molecule has 122 valence electrons. The second-order valence-corrected chi connectivity index (χ2v) is 5.40. The number of carbonyl (C=O) groups excluding carboxylic acids is 2. The van der Waals surface area contributed by atoms with E-state index in [1.54, 1.807) is 12.0 Å². The van der Waals surface area contributed by atoms with E-state index in [9.17, 15) is 9.59 Å². The van der Waals surface area contributed by atoms with Gasteiger partial charge in [0.1, 0.15) is 5.75 Å². The second kappa shape index (κ2) is 8.26. The van der Waals surface area contributed by atoms with E-state index in [-0.39, 0.29) is 18.0 Å². The highest BCUT2D eigenvalue weighted by Crippen LogP contribution is 2.29. The summed E-state index contributed by atoms with van der Waals surface area (Å²) >= 11 is 0. The van der Waals surface area contributed by atoms with Crippen LogP contribution in [0.5, 0.6) is 5.75 Å². The van der Waals surface area contributed by atoms with Gasteiger partial charge in [-0.2, -0.15) is 0 Å². The quantitative estimate of drug-likeness (QED) is 0.845. The van der Waals surface area contributed by atoms with Crippen LogP contribution in [0.3, 0.4) is 0 Å². The zero-order valence-electron chi connectivity index (χ0n) is 13.9. The van der Waals surface area contributed by atoms with Gasteiger partial charge in [0, 0.05) is 26.1 Å². The van der Waals surface area contributed by atoms with Crippen molar-refractivity contribution in [3.8, 4) is 5.75 Å². The van der Waals surface area contributed by atoms with Crippen molar-refractivity contribution < 1.29 is 14.3 Å². The van der Waals surface area contributed by atoms with E-state index in [0.29, 0.717) is 24.5 Å². The molecule has 6 heteroatoms. The number of benzene rings is 1. The highest BCUT2D eigenvalue weighted by atomic mass is 16.5. The molecule has 0 aromatic heterocycles. The molecule has 2 N–H and O–H groups in total. The summed E-state index contributed by atoms with van der Waals surface area (Å²) in [7, 11) is 1.57. The Balaban J connectivity index is 2.77. The van der Waals surface area contributed by atoms with Crippen LogP contribution in [0.15, 0.2) is 18.2 Å². The smallest absolute Gasteiger partial charge is 0.315 e. The van der Waals surface area contributed by atoms with Crippen LogP contribution in [0.2, 0.25) is 0 Å². The first kappa shape index (κ1) is 17.8. The first-order valence-corrected chi connectivity index (χ1v) is 7.32. The molecule has 0 spiro atoms. The van der Waals surface area contributed by atoms with Gasteiger partial charge >= 0.3 is 6.03 Å². The molecule has 0 aliphatic carbocycles. The number of hydrogen-bond donors (Lipinski definition) is 2. The lowest BCUT2D eigenvalue weighted by molar-refractivity contribution is -0.116. The summed E-state index contributed by atoms with van der Waals surface area (Å²) in [5.41, 5.74) is 1.74. The number of carbonyl (C=O) groups is 2. The fraction of sp³-hybridized carbons (Fsp3) is 0.500. The molecule has 1 rings (SSSR count). The van der Waals surface area contributed by atoms with Crippen LogP contribution in [-0.4, -0.2) is 38.2 Å². The third kappa shape index (κ3) is 5.27. The minimum absolute atomic E-state index is 0.0702. The maximum absolute atomic E-state index is 11.9. The molecule has 0 fully saturated rings. The Bertz CT molecular complexity index is 529. The predicted octanol–water partition coefficient (Wildman–Crippen LogP) is 2.06. The summed E-state index contributed by atoms with van der Waals surface area (Å²) in [5, 5.41) is 5.48. The van der Waals surface area contributed by atoms with Crippen LogP contribution < -0.4 is 20.3 Å². The summed E-state index contributed by atoms with van der Waals surface area (Å²) < 4.78 is 5.32. The Kier molecular flexibility index (Phi) is 6.69. The van der Waals surface area contributed by atoms with Crippen LogP contribution in [0, 0.1) is 6.92 Å². The van der Waals surface area contributed by atoms with Gasteiger partial charge in [-0.1, -0.05) is 6.07 Å². The summed E-state index contributed by atoms with van der Waals surface area (Å²) in [5.74, 6) is 0.530. The molecular formula is C16H25N3O3. The van der Waals surface area contributed by atoms with Crippen molar-refractivity contribution in [1.29, 1.82) is 0 Å². The van der Waals surface area contributed by atoms with Crippen LogP contribution in [-0.2, 0) is 4.79 Å². The van der Waals surface area contributed by atoms with Crippen LogP contribution in [0.25, 0.3) is 0 Å². The van der Waals surface area contributed by atoms with Gasteiger partial charge in [0.25, 0.3) is 0 Å². The first-order chi connectivity index (χ1) is 10.3. The minimum Gasteiger partial charge on any atom is -0.495 e. The Morgan fingerprint density at radius 2 is 2.00 bits per heavy atom. The number of methoxy groups -OCH3 is 1. The molecule has 6 nitrogen and oxygen atoms in total. The molecule has 0 heterocycles. The van der Waals surface area contributed by atoms with E-state index in [1.165, 1.54) is 6.92 Å². The van der Waals surface area contributed by atoms with Crippen molar-refractivity contribution in [2.75, 3.05) is 25.1 Å². The van der Waals surface area contributed by atoms with E-state index < -0.39 is 0 Å². The highest BCUT2D eigenvalue weighted by Gasteiger charge is 2.16. The molecule has 1 aromatic carbocycles. The zero-order valence-corrected chi connectivity index (χ0v) is 13.9. The molecule has 0 atom stereocenters. The molecular weight excluding hydrogens is 282 g/mol. The number of ether oxygens (including phenoxy) is 1. The largest absolute Gasteiger partial charge is 0.495 e. The molecule has 0 saturated heterocycles. The van der Waals surface area contributed by atoms with Gasteiger partial charge < -0.3 is 20.3 Å². The van der Waals surface area contributed by atoms with E-state index in [2.05, 4.69) is 10.6 Å². The predicted molar refractivity (Wildman–Crippen MR) is 87.4 cm³/mol. The molecule has 0 aliphatic heterocycles. The Labute approximate surface area is 131 Å². The summed E-state index contributed by atoms with van der Waals surface area (Å²) in [6.07, 6.45) is 0. The fourth-order valence-electron chi connectivity index (χ4n) is 2.05. The Morgan fingerprint density at radius 1 is 1.32 bits per heavy atom. The first-order valence-electron chi connectivity index (χ1n) is 7.32. The third-order valence-electron chi connectivity index (χ3n) is 3.05. The fourth-order valence-corrected chi connectivity index (χ4v) is 2.05. The average molecular weight is 307 g/mol. The highest BCUT2D eigenvalue weighted by molar-refractivity contribution is 5.93. The van der Waals surface area contributed by atoms with E-state index in [4.69, 9.17) is 4.74 Å². The van der Waals surface area contributed by atoms with Gasteiger partial charge in [-0.25, -0.2) is 4.79 Å². The standard InChI is InChI=1S/C16H25N3O3/c1-11(2)18-16(21)17-8-9-19(13(4)20)14-10-12(3)6-7-15(14)22-5/h6-7,10-11H,8-9H2,1-5H3,(H2,17,18,21). The van der Waals surface area contributed by atoms with Crippen molar-refractivity contribution >= 4 is 17.6 Å². The Hall–Kier alpha value is -2.24. The van der Waals surface area contributed by atoms with Crippen LogP contribution in [0.1, 0.15) is 26.3 Å². The summed E-state index contributed by atoms with van der Waals surface area (Å²) in [4.78, 5) is 25.1. The van der Waals surface area contributed by atoms with Gasteiger partial charge in [0.15, 0.2) is 0 Å². The molecule has 0 radical (unpaired) electrons. The van der Waals surface area contributed by atoms with Crippen molar-refractivity contribution in [3.63, 3.8) is 0 Å². The maximum Gasteiger partial charge on any atom is 0.315 e. The SMILES string of the molecule is COc1ccc(C)cc1N(CCNC(=O)NC(C)C)C(C)=O. The number of urea groups is 1. The van der Waals surface area contributed by atoms with Gasteiger partial charge in [-0.15, -0.1) is 0 Å². The minimum atomic E-state index is -0.241. The number of amides is 3. The molecule has 0 saturated carbocycles. The van der Waals surface area contributed by atoms with Gasteiger partial charge in [0.2, 0.25) is 5.91 Å². The van der Waals surface area contributed by atoms with Crippen LogP contribution in [0.4, 0.5) is 10.5 Å². The van der Waals surface area contributed by atoms with E-state index >= 15 is 0 Å². The zero-order chi connectivity index (χ0) is 16.7. The van der Waals surface area contributed by atoms with E-state index in [1.807, 2.05) is 39.0 Å². The number of anilines is 1. The van der Waals surface area contributed by atoms with Gasteiger partial charge in [0.05, 0.1) is 12.8 Å². The number of nitrogens with zero attached hydrogens (tertiary/aromatic N) is 1. The lowest BCUT2D eigenvalue weighted by Gasteiger charge is -2.24. The van der Waals surface area contributed by atoms with E-state index in [0.717, 1.165) is 5.56 Å². The number of nitrogens with one attached hydrogen (secondary N) is 2. The lowest BCUT2D eigenvalue weighted by Crippen LogP contribution is -2.43. The average Bonchev–Trinajstić information content (AvgIpc) is 2.42. The summed E-state index contributed by atoms with van der Waals surface area (Å²) in [6.45, 7) is 7.96. The van der Waals surface area contributed by atoms with Crippen molar-refractivity contribution in [2.45, 2.75) is 33.7 Å². The molecule has 22 heavy (non-hydrogen) atoms. The van der Waals surface area contributed by atoms with Crippen molar-refractivity contribution in [3.05, 3.63) is 23.8 Å². The molecule has 0 bridgehead atoms. The normalized spacial score (nSPS) is 10.3. The molecule has 3 amide bonds. The van der Waals surface area contributed by atoms with Gasteiger partial charge in [-0.05, 0) is 38.5 Å². The molecule has 1 aromatic rings. The number of rotatable bonds is 6. The Morgan fingerprint density at radius 3 is 2.55 bits per heavy atom. The topological polar surface area (TPSA) is 70.7 Å². The lowest BCUT2D eigenvalue weighted by atomic mass is 10.2. The molecule has 0 unspecified atom stereocenters. The van der Waals surface area contributed by atoms with Crippen molar-refractivity contribution in [2.24, 2.45) is 0 Å². The van der Waals surface area contributed by atoms with Crippen LogP contribution >= 0.6 is 0 Å². The number of aryl methyl sites for hydroxylation is 1. The van der Waals surface area contributed by atoms with Crippen molar-refractivity contribution in [1.82, 2.24) is 10.6 Å². The molecule has 0 aliphatic rings. The summed E-state index contributed by atoms with van der Waals surface area (Å²) in [6, 6.07) is 5.48. The number of hydrogen-bond acceptors (Lipinski definition) is 3. The second-order valence-electron chi connectivity index (χ2n) is 5.40. The monoisotopic (exact) mass is 307 g/mol. The maximum atomic E-state index is 11.9. The van der Waals surface area contributed by atoms with Gasteiger partial charge in [-0.3, -0.25) is 4.79 Å².